The lowest BCUT2D eigenvalue weighted by atomic mass is 10.2. The maximum atomic E-state index is 12.3. The first-order valence-corrected chi connectivity index (χ1v) is 8.49. The second kappa shape index (κ2) is 5.19. The summed E-state index contributed by atoms with van der Waals surface area (Å²) in [4.78, 5) is 17.5. The number of fused-ring (bicyclic) bond motifs is 1. The Hall–Kier alpha value is -1.80. The van der Waals surface area contributed by atoms with E-state index < -0.39 is 16.1 Å². The number of carbonyl (C=O) groups is 1. The summed E-state index contributed by atoms with van der Waals surface area (Å²) in [5, 5.41) is 1.25. The maximum absolute atomic E-state index is 12.3. The summed E-state index contributed by atoms with van der Waals surface area (Å²) in [5.41, 5.74) is 0.450. The smallest absolute Gasteiger partial charge is 0.289 e. The van der Waals surface area contributed by atoms with Crippen LogP contribution in [0.25, 0.3) is 0 Å². The zero-order chi connectivity index (χ0) is 15.0. The zero-order valence-corrected chi connectivity index (χ0v) is 12.4. The molecule has 0 bridgehead atoms. The molecule has 0 spiro atoms. The molecule has 1 saturated heterocycles. The minimum Gasteiger partial charge on any atom is -0.476 e. The first-order valence-electron chi connectivity index (χ1n) is 6.64. The molecular weight excluding hydrogens is 296 g/mol. The van der Waals surface area contributed by atoms with Crippen LogP contribution in [0, 0.1) is 0 Å². The number of rotatable bonds is 2. The van der Waals surface area contributed by atoms with Crippen LogP contribution in [-0.2, 0) is 19.7 Å². The highest BCUT2D eigenvalue weighted by Crippen LogP contribution is 2.35. The number of ether oxygens (including phenoxy) is 1. The van der Waals surface area contributed by atoms with E-state index in [0.29, 0.717) is 24.6 Å². The van der Waals surface area contributed by atoms with Crippen LogP contribution in [0.4, 0.5) is 5.69 Å². The topological polar surface area (TPSA) is 76.2 Å². The Morgan fingerprint density at radius 3 is 2.76 bits per heavy atom. The Labute approximate surface area is 123 Å². The highest BCUT2D eigenvalue weighted by atomic mass is 32.2. The van der Waals surface area contributed by atoms with Gasteiger partial charge in [-0.2, -0.15) is 0 Å². The van der Waals surface area contributed by atoms with Crippen molar-refractivity contribution >= 4 is 21.6 Å². The molecular formula is C13H16N2O5S. The number of para-hydroxylation sites is 2. The van der Waals surface area contributed by atoms with E-state index >= 15 is 0 Å². The Bertz CT molecular complexity index is 654. The van der Waals surface area contributed by atoms with Gasteiger partial charge in [0.05, 0.1) is 31.6 Å². The lowest BCUT2D eigenvalue weighted by molar-refractivity contribution is -0.176. The normalized spacial score (nSPS) is 21.9. The molecule has 1 amide bonds. The van der Waals surface area contributed by atoms with Crippen molar-refractivity contribution in [3.05, 3.63) is 24.3 Å². The van der Waals surface area contributed by atoms with Gasteiger partial charge in [0, 0.05) is 0 Å². The summed E-state index contributed by atoms with van der Waals surface area (Å²) >= 11 is 0. The molecule has 2 aliphatic heterocycles. The molecule has 0 aliphatic carbocycles. The van der Waals surface area contributed by atoms with Crippen LogP contribution in [0.15, 0.2) is 24.3 Å². The number of sulfonamides is 1. The van der Waals surface area contributed by atoms with Gasteiger partial charge in [-0.3, -0.25) is 13.9 Å². The molecule has 1 aromatic carbocycles. The van der Waals surface area contributed by atoms with Crippen LogP contribution in [0.3, 0.4) is 0 Å². The van der Waals surface area contributed by atoms with E-state index in [1.165, 1.54) is 9.37 Å². The summed E-state index contributed by atoms with van der Waals surface area (Å²) < 4.78 is 30.8. The molecule has 0 aromatic heterocycles. The average Bonchev–Trinajstić information content (AvgIpc) is 2.98. The van der Waals surface area contributed by atoms with Crippen LogP contribution < -0.4 is 9.04 Å². The lowest BCUT2D eigenvalue weighted by Gasteiger charge is -2.34. The lowest BCUT2D eigenvalue weighted by Crippen LogP contribution is -2.50. The van der Waals surface area contributed by atoms with Gasteiger partial charge in [-0.15, -0.1) is 0 Å². The van der Waals surface area contributed by atoms with Crippen molar-refractivity contribution in [1.82, 2.24) is 5.06 Å². The number of hydrogen-bond acceptors (Lipinski definition) is 5. The van der Waals surface area contributed by atoms with Crippen LogP contribution in [0.5, 0.6) is 5.75 Å². The fourth-order valence-corrected chi connectivity index (χ4v) is 3.34. The fraction of sp³-hybridized carbons (Fsp3) is 0.462. The molecule has 3 rings (SSSR count). The van der Waals surface area contributed by atoms with Gasteiger partial charge in [-0.05, 0) is 18.6 Å². The Balaban J connectivity index is 1.92. The average molecular weight is 312 g/mol. The van der Waals surface area contributed by atoms with Crippen LogP contribution in [-0.4, -0.2) is 51.4 Å². The molecule has 114 valence electrons. The van der Waals surface area contributed by atoms with Gasteiger partial charge < -0.3 is 4.74 Å². The van der Waals surface area contributed by atoms with E-state index in [4.69, 9.17) is 9.57 Å². The third kappa shape index (κ3) is 2.68. The van der Waals surface area contributed by atoms with Crippen molar-refractivity contribution in [2.75, 3.05) is 30.3 Å². The number of carbonyl (C=O) groups excluding carboxylic acids is 1. The molecule has 1 aromatic rings. The van der Waals surface area contributed by atoms with Crippen molar-refractivity contribution in [3.8, 4) is 5.75 Å². The molecule has 1 unspecified atom stereocenters. The first-order chi connectivity index (χ1) is 9.97. The summed E-state index contributed by atoms with van der Waals surface area (Å²) in [5.74, 6) is 0.0300. The standard InChI is InChI=1S/C13H16N2O5S/c1-21(17,18)15-9-12(13(16)14-7-4-8-19-14)20-11-6-3-2-5-10(11)15/h2-3,5-6,12H,4,7-9H2,1H3. The fourth-order valence-electron chi connectivity index (χ4n) is 2.43. The summed E-state index contributed by atoms with van der Waals surface area (Å²) in [7, 11) is -3.49. The van der Waals surface area contributed by atoms with Crippen LogP contribution in [0.2, 0.25) is 0 Å². The van der Waals surface area contributed by atoms with Crippen LogP contribution in [0.1, 0.15) is 6.42 Å². The van der Waals surface area contributed by atoms with Gasteiger partial charge in [0.2, 0.25) is 10.0 Å². The minimum absolute atomic E-state index is 0.0471. The van der Waals surface area contributed by atoms with E-state index in [0.717, 1.165) is 12.7 Å². The number of benzene rings is 1. The molecule has 2 aliphatic rings. The Morgan fingerprint density at radius 2 is 2.10 bits per heavy atom. The molecule has 2 heterocycles. The van der Waals surface area contributed by atoms with E-state index in [1.54, 1.807) is 24.3 Å². The van der Waals surface area contributed by atoms with Crippen molar-refractivity contribution < 1.29 is 22.8 Å². The number of nitrogens with zero attached hydrogens (tertiary/aromatic N) is 2. The van der Waals surface area contributed by atoms with Crippen molar-refractivity contribution in [1.29, 1.82) is 0 Å². The third-order valence-corrected chi connectivity index (χ3v) is 4.56. The molecule has 0 N–H and O–H groups in total. The van der Waals surface area contributed by atoms with Gasteiger partial charge in [-0.25, -0.2) is 13.5 Å². The maximum Gasteiger partial charge on any atom is 0.289 e. The predicted molar refractivity (Wildman–Crippen MR) is 75.3 cm³/mol. The van der Waals surface area contributed by atoms with E-state index in [9.17, 15) is 13.2 Å². The quantitative estimate of drug-likeness (QED) is 0.789. The second-order valence-electron chi connectivity index (χ2n) is 5.00. The van der Waals surface area contributed by atoms with Gasteiger partial charge in [0.25, 0.3) is 5.91 Å². The van der Waals surface area contributed by atoms with E-state index in [1.807, 2.05) is 0 Å². The monoisotopic (exact) mass is 312 g/mol. The zero-order valence-electron chi connectivity index (χ0n) is 11.6. The summed E-state index contributed by atoms with van der Waals surface area (Å²) in [6.07, 6.45) is 0.987. The van der Waals surface area contributed by atoms with Gasteiger partial charge in [0.1, 0.15) is 5.75 Å². The number of amides is 1. The third-order valence-electron chi connectivity index (χ3n) is 3.41. The van der Waals surface area contributed by atoms with Crippen molar-refractivity contribution in [2.24, 2.45) is 0 Å². The Kier molecular flexibility index (Phi) is 3.50. The van der Waals surface area contributed by atoms with Crippen LogP contribution >= 0.6 is 0 Å². The highest BCUT2D eigenvalue weighted by molar-refractivity contribution is 7.92. The molecule has 7 nitrogen and oxygen atoms in total. The van der Waals surface area contributed by atoms with Crippen molar-refractivity contribution in [3.63, 3.8) is 0 Å². The molecule has 0 saturated carbocycles. The highest BCUT2D eigenvalue weighted by Gasteiger charge is 2.38. The van der Waals surface area contributed by atoms with E-state index in [2.05, 4.69) is 0 Å². The summed E-state index contributed by atoms with van der Waals surface area (Å²) in [6, 6.07) is 6.77. The number of hydroxylamine groups is 2. The van der Waals surface area contributed by atoms with Gasteiger partial charge >= 0.3 is 0 Å². The summed E-state index contributed by atoms with van der Waals surface area (Å²) in [6.45, 7) is 0.943. The minimum atomic E-state index is -3.49. The largest absolute Gasteiger partial charge is 0.476 e. The van der Waals surface area contributed by atoms with Gasteiger partial charge in [-0.1, -0.05) is 12.1 Å². The van der Waals surface area contributed by atoms with E-state index in [-0.39, 0.29) is 12.5 Å². The second-order valence-corrected chi connectivity index (χ2v) is 6.90. The molecule has 21 heavy (non-hydrogen) atoms. The number of anilines is 1. The molecule has 0 radical (unpaired) electrons. The van der Waals surface area contributed by atoms with Crippen molar-refractivity contribution in [2.45, 2.75) is 12.5 Å². The SMILES string of the molecule is CS(=O)(=O)N1CC(C(=O)N2CCCO2)Oc2ccccc21. The van der Waals surface area contributed by atoms with Gasteiger partial charge in [0.15, 0.2) is 6.10 Å². The molecule has 8 heteroatoms. The molecule has 1 atom stereocenters. The predicted octanol–water partition coefficient (Wildman–Crippen LogP) is 0.377. The molecule has 1 fully saturated rings. The Morgan fingerprint density at radius 1 is 1.33 bits per heavy atom. The number of hydrogen-bond donors (Lipinski definition) is 0. The first kappa shape index (κ1) is 14.2.